The predicted molar refractivity (Wildman–Crippen MR) is 120 cm³/mol. The minimum atomic E-state index is -4.21. The Morgan fingerprint density at radius 1 is 0.875 bits per heavy atom. The van der Waals surface area contributed by atoms with Gasteiger partial charge in [0.1, 0.15) is 27.4 Å². The van der Waals surface area contributed by atoms with Gasteiger partial charge in [-0.2, -0.15) is 8.75 Å². The first-order chi connectivity index (χ1) is 15.2. The molecule has 3 aromatic carbocycles. The molecule has 13 heteroatoms. The highest BCUT2D eigenvalue weighted by atomic mass is 32.2. The Kier molecular flexibility index (Phi) is 5.62. The molecule has 0 aliphatic rings. The lowest BCUT2D eigenvalue weighted by atomic mass is 10.3. The number of ether oxygens (including phenoxy) is 1. The van der Waals surface area contributed by atoms with Crippen molar-refractivity contribution in [3.05, 3.63) is 60.7 Å². The van der Waals surface area contributed by atoms with Crippen LogP contribution in [0.15, 0.2) is 70.5 Å². The van der Waals surface area contributed by atoms with Crippen LogP contribution in [0.1, 0.15) is 0 Å². The molecule has 0 spiro atoms. The number of para-hydroxylation sites is 2. The number of hydrogen-bond acceptors (Lipinski definition) is 9. The van der Waals surface area contributed by atoms with E-state index in [1.165, 1.54) is 25.3 Å². The Morgan fingerprint density at radius 2 is 1.62 bits per heavy atom. The number of hydrogen-bond donors (Lipinski definition) is 3. The van der Waals surface area contributed by atoms with Crippen molar-refractivity contribution in [2.24, 2.45) is 0 Å². The van der Waals surface area contributed by atoms with E-state index in [1.54, 1.807) is 24.3 Å². The van der Waals surface area contributed by atoms with Crippen molar-refractivity contribution in [2.45, 2.75) is 9.79 Å². The molecule has 0 unspecified atom stereocenters. The summed E-state index contributed by atoms with van der Waals surface area (Å²) in [7, 11) is -6.93. The van der Waals surface area contributed by atoms with Crippen molar-refractivity contribution in [1.82, 2.24) is 8.75 Å². The monoisotopic (exact) mass is 492 g/mol. The molecule has 10 nitrogen and oxygen atoms in total. The van der Waals surface area contributed by atoms with Crippen LogP contribution in [0.4, 0.5) is 11.4 Å². The van der Waals surface area contributed by atoms with Gasteiger partial charge in [0, 0.05) is 0 Å². The molecular formula is C19H16N4O6S3. The normalized spacial score (nSPS) is 11.9. The van der Waals surface area contributed by atoms with Gasteiger partial charge in [-0.05, 0) is 42.5 Å². The van der Waals surface area contributed by atoms with E-state index in [4.69, 9.17) is 4.74 Å². The first-order valence-corrected chi connectivity index (χ1v) is 12.6. The Balaban J connectivity index is 1.69. The molecule has 4 aromatic rings. The molecule has 0 aliphatic heterocycles. The number of fused-ring (bicyclic) bond motifs is 1. The van der Waals surface area contributed by atoms with E-state index < -0.39 is 25.8 Å². The van der Waals surface area contributed by atoms with Gasteiger partial charge in [0.2, 0.25) is 0 Å². The molecule has 0 atom stereocenters. The van der Waals surface area contributed by atoms with E-state index in [-0.39, 0.29) is 26.7 Å². The lowest BCUT2D eigenvalue weighted by Gasteiger charge is -2.14. The zero-order valence-corrected chi connectivity index (χ0v) is 18.8. The molecule has 1 heterocycles. The van der Waals surface area contributed by atoms with Crippen LogP contribution in [0.3, 0.4) is 0 Å². The molecule has 0 aliphatic carbocycles. The van der Waals surface area contributed by atoms with Gasteiger partial charge in [-0.3, -0.25) is 9.44 Å². The van der Waals surface area contributed by atoms with Crippen molar-refractivity contribution in [1.29, 1.82) is 0 Å². The molecule has 4 rings (SSSR count). The van der Waals surface area contributed by atoms with E-state index in [2.05, 4.69) is 18.2 Å². The zero-order chi connectivity index (χ0) is 22.9. The summed E-state index contributed by atoms with van der Waals surface area (Å²) in [5, 5.41) is 10.2. The molecule has 32 heavy (non-hydrogen) atoms. The summed E-state index contributed by atoms with van der Waals surface area (Å²) in [6, 6.07) is 14.1. The van der Waals surface area contributed by atoms with E-state index in [0.717, 1.165) is 29.9 Å². The smallest absolute Gasteiger partial charge is 0.264 e. The topological polar surface area (TPSA) is 148 Å². The first kappa shape index (κ1) is 21.8. The number of phenolic OH excluding ortho intramolecular Hbond substituents is 1. The molecule has 1 aromatic heterocycles. The maximum atomic E-state index is 12.9. The number of methoxy groups -OCH3 is 1. The van der Waals surface area contributed by atoms with Crippen LogP contribution in [-0.2, 0) is 20.0 Å². The lowest BCUT2D eigenvalue weighted by molar-refractivity contribution is 0.417. The van der Waals surface area contributed by atoms with Crippen LogP contribution in [0, 0.1) is 0 Å². The minimum Gasteiger partial charge on any atom is -0.506 e. The largest absolute Gasteiger partial charge is 0.506 e. The Morgan fingerprint density at radius 3 is 2.41 bits per heavy atom. The molecule has 0 amide bonds. The molecule has 0 bridgehead atoms. The standard InChI is InChI=1S/C19H16N4O6S3/c1-29-17-7-3-2-5-13(17)22-31(25,26)12-9-10-16(24)15(11-12)23-32(27,28)18-8-4-6-14-19(18)21-30-20-14/h2-11,22-24H,1H3. The second-order valence-corrected chi connectivity index (χ2v) is 10.3. The van der Waals surface area contributed by atoms with E-state index >= 15 is 0 Å². The summed E-state index contributed by atoms with van der Waals surface area (Å²) < 4.78 is 69.4. The maximum absolute atomic E-state index is 12.9. The number of phenols is 1. The molecule has 0 saturated carbocycles. The highest BCUT2D eigenvalue weighted by molar-refractivity contribution is 7.93. The number of anilines is 2. The summed E-state index contributed by atoms with van der Waals surface area (Å²) in [5.74, 6) is -0.144. The van der Waals surface area contributed by atoms with Crippen molar-refractivity contribution in [2.75, 3.05) is 16.6 Å². The molecule has 3 N–H and O–H groups in total. The maximum Gasteiger partial charge on any atom is 0.264 e. The van der Waals surface area contributed by atoms with Gasteiger partial charge >= 0.3 is 0 Å². The van der Waals surface area contributed by atoms with E-state index in [9.17, 15) is 21.9 Å². The quantitative estimate of drug-likeness (QED) is 0.334. The third kappa shape index (κ3) is 4.17. The average Bonchev–Trinajstić information content (AvgIpc) is 3.24. The van der Waals surface area contributed by atoms with Crippen molar-refractivity contribution in [3.8, 4) is 11.5 Å². The number of rotatable bonds is 7. The second-order valence-electron chi connectivity index (χ2n) is 6.48. The van der Waals surface area contributed by atoms with Crippen LogP contribution in [0.2, 0.25) is 0 Å². The zero-order valence-electron chi connectivity index (χ0n) is 16.4. The number of nitrogens with zero attached hydrogens (tertiary/aromatic N) is 2. The molecule has 0 radical (unpaired) electrons. The number of benzene rings is 3. The van der Waals surface area contributed by atoms with Crippen molar-refractivity contribution in [3.63, 3.8) is 0 Å². The molecule has 0 saturated heterocycles. The fourth-order valence-corrected chi connectivity index (χ4v) is 5.82. The van der Waals surface area contributed by atoms with Gasteiger partial charge < -0.3 is 9.84 Å². The Bertz CT molecular complexity index is 1520. The van der Waals surface area contributed by atoms with Gasteiger partial charge in [-0.25, -0.2) is 16.8 Å². The molecule has 166 valence electrons. The number of sulfonamides is 2. The van der Waals surface area contributed by atoms with Gasteiger partial charge in [0.15, 0.2) is 0 Å². The van der Waals surface area contributed by atoms with Crippen LogP contribution < -0.4 is 14.2 Å². The average molecular weight is 493 g/mol. The summed E-state index contributed by atoms with van der Waals surface area (Å²) in [6.45, 7) is 0. The van der Waals surface area contributed by atoms with Crippen LogP contribution in [-0.4, -0.2) is 37.8 Å². The van der Waals surface area contributed by atoms with Crippen molar-refractivity contribution >= 4 is 54.2 Å². The summed E-state index contributed by atoms with van der Waals surface area (Å²) in [4.78, 5) is -0.420. The fourth-order valence-electron chi connectivity index (χ4n) is 2.89. The van der Waals surface area contributed by atoms with E-state index in [0.29, 0.717) is 11.3 Å². The summed E-state index contributed by atoms with van der Waals surface area (Å²) in [5.41, 5.74) is 0.464. The van der Waals surface area contributed by atoms with Gasteiger partial charge in [-0.1, -0.05) is 18.2 Å². The lowest BCUT2D eigenvalue weighted by Crippen LogP contribution is -2.16. The SMILES string of the molecule is COc1ccccc1NS(=O)(=O)c1ccc(O)c(NS(=O)(=O)c2cccc3nsnc23)c1. The predicted octanol–water partition coefficient (Wildman–Crippen LogP) is 3.01. The highest BCUT2D eigenvalue weighted by Gasteiger charge is 2.23. The Hall–Kier alpha value is -3.42. The van der Waals surface area contributed by atoms with E-state index in [1.807, 2.05) is 0 Å². The summed E-state index contributed by atoms with van der Waals surface area (Å²) in [6.07, 6.45) is 0. The Labute approximate surface area is 187 Å². The fraction of sp³-hybridized carbons (Fsp3) is 0.0526. The van der Waals surface area contributed by atoms with Gasteiger partial charge in [0.05, 0.1) is 35.1 Å². The molecule has 0 fully saturated rings. The number of nitrogens with one attached hydrogen (secondary N) is 2. The third-order valence-electron chi connectivity index (χ3n) is 4.41. The highest BCUT2D eigenvalue weighted by Crippen LogP contribution is 2.32. The van der Waals surface area contributed by atoms with Crippen LogP contribution in [0.5, 0.6) is 11.5 Å². The number of aromatic nitrogens is 2. The summed E-state index contributed by atoms with van der Waals surface area (Å²) >= 11 is 0.863. The van der Waals surface area contributed by atoms with Gasteiger partial charge in [-0.15, -0.1) is 0 Å². The van der Waals surface area contributed by atoms with Crippen LogP contribution in [0.25, 0.3) is 11.0 Å². The van der Waals surface area contributed by atoms with Crippen LogP contribution >= 0.6 is 11.7 Å². The number of aromatic hydroxyl groups is 1. The van der Waals surface area contributed by atoms with Crippen molar-refractivity contribution < 1.29 is 26.7 Å². The first-order valence-electron chi connectivity index (χ1n) is 8.94. The van der Waals surface area contributed by atoms with Gasteiger partial charge in [0.25, 0.3) is 20.0 Å². The third-order valence-corrected chi connectivity index (χ3v) is 7.72. The molecular weight excluding hydrogens is 476 g/mol. The minimum absolute atomic E-state index is 0.149. The second kappa shape index (κ2) is 8.26.